The Morgan fingerprint density at radius 1 is 1.52 bits per heavy atom. The van der Waals surface area contributed by atoms with Crippen molar-refractivity contribution >= 4 is 27.4 Å². The van der Waals surface area contributed by atoms with Crippen molar-refractivity contribution in [1.29, 1.82) is 0 Å². The van der Waals surface area contributed by atoms with Gasteiger partial charge in [0.15, 0.2) is 0 Å². The largest absolute Gasteiger partial charge is 0.377 e. The van der Waals surface area contributed by atoms with E-state index < -0.39 is 20.6 Å². The first kappa shape index (κ1) is 20.9. The SMILES string of the molecule is CCN(C)C(=O)N1CCO[C@@H](CNc2ccc(S(N)(=O)=O)cc2[N+](=O)[O-])C1. The van der Waals surface area contributed by atoms with E-state index in [0.717, 1.165) is 6.07 Å². The van der Waals surface area contributed by atoms with Gasteiger partial charge in [0.2, 0.25) is 10.0 Å². The Morgan fingerprint density at radius 3 is 2.81 bits per heavy atom. The number of carbonyl (C=O) groups excluding carboxylic acids is 1. The van der Waals surface area contributed by atoms with Crippen LogP contribution in [0.2, 0.25) is 0 Å². The molecule has 1 saturated heterocycles. The van der Waals surface area contributed by atoms with Crippen LogP contribution in [0.3, 0.4) is 0 Å². The van der Waals surface area contributed by atoms with Crippen LogP contribution in [0.25, 0.3) is 0 Å². The van der Waals surface area contributed by atoms with Crippen LogP contribution >= 0.6 is 0 Å². The summed E-state index contributed by atoms with van der Waals surface area (Å²) in [5, 5.41) is 19.1. The van der Waals surface area contributed by atoms with Crippen molar-refractivity contribution in [2.24, 2.45) is 5.14 Å². The van der Waals surface area contributed by atoms with E-state index in [1.807, 2.05) is 6.92 Å². The van der Waals surface area contributed by atoms with Gasteiger partial charge in [0.1, 0.15) is 5.69 Å². The highest BCUT2D eigenvalue weighted by atomic mass is 32.2. The quantitative estimate of drug-likeness (QED) is 0.518. The summed E-state index contributed by atoms with van der Waals surface area (Å²) in [4.78, 5) is 25.7. The number of nitrogens with two attached hydrogens (primary N) is 1. The zero-order chi connectivity index (χ0) is 20.2. The highest BCUT2D eigenvalue weighted by molar-refractivity contribution is 7.89. The van der Waals surface area contributed by atoms with Crippen molar-refractivity contribution < 1.29 is 22.9 Å². The van der Waals surface area contributed by atoms with E-state index in [1.165, 1.54) is 12.1 Å². The van der Waals surface area contributed by atoms with Crippen LogP contribution in [0.15, 0.2) is 23.1 Å². The highest BCUT2D eigenvalue weighted by Crippen LogP contribution is 2.27. The molecule has 1 aromatic rings. The van der Waals surface area contributed by atoms with Gasteiger partial charge in [-0.15, -0.1) is 0 Å². The first-order chi connectivity index (χ1) is 12.6. The van der Waals surface area contributed by atoms with Crippen LogP contribution in [0, 0.1) is 10.1 Å². The number of sulfonamides is 1. The van der Waals surface area contributed by atoms with E-state index in [0.29, 0.717) is 26.2 Å². The zero-order valence-electron chi connectivity index (χ0n) is 15.1. The van der Waals surface area contributed by atoms with Crippen LogP contribution in [0.5, 0.6) is 0 Å². The van der Waals surface area contributed by atoms with Crippen molar-refractivity contribution in [2.45, 2.75) is 17.9 Å². The van der Waals surface area contributed by atoms with E-state index in [1.54, 1.807) is 16.8 Å². The van der Waals surface area contributed by atoms with Gasteiger partial charge in [0.25, 0.3) is 5.69 Å². The van der Waals surface area contributed by atoms with Crippen LogP contribution in [-0.2, 0) is 14.8 Å². The summed E-state index contributed by atoms with van der Waals surface area (Å²) in [6.45, 7) is 3.86. The summed E-state index contributed by atoms with van der Waals surface area (Å²) in [6, 6.07) is 3.28. The minimum atomic E-state index is -4.04. The fourth-order valence-corrected chi connectivity index (χ4v) is 3.14. The molecule has 27 heavy (non-hydrogen) atoms. The number of morpholine rings is 1. The monoisotopic (exact) mass is 401 g/mol. The number of nitro benzene ring substituents is 1. The number of anilines is 1. The molecule has 0 radical (unpaired) electrons. The highest BCUT2D eigenvalue weighted by Gasteiger charge is 2.26. The summed E-state index contributed by atoms with van der Waals surface area (Å²) < 4.78 is 28.4. The first-order valence-electron chi connectivity index (χ1n) is 8.30. The number of rotatable bonds is 6. The second-order valence-corrected chi connectivity index (χ2v) is 7.66. The molecule has 1 aromatic carbocycles. The molecule has 1 aliphatic heterocycles. The predicted molar refractivity (Wildman–Crippen MR) is 98.0 cm³/mol. The number of hydrogen-bond donors (Lipinski definition) is 2. The Labute approximate surface area is 157 Å². The number of amides is 2. The first-order valence-corrected chi connectivity index (χ1v) is 9.85. The maximum atomic E-state index is 12.2. The Kier molecular flexibility index (Phi) is 6.57. The van der Waals surface area contributed by atoms with Gasteiger partial charge in [-0.2, -0.15) is 0 Å². The average molecular weight is 401 g/mol. The van der Waals surface area contributed by atoms with Crippen LogP contribution in [-0.4, -0.2) is 75.1 Å². The van der Waals surface area contributed by atoms with E-state index in [4.69, 9.17) is 9.88 Å². The molecule has 1 atom stereocenters. The smallest absolute Gasteiger partial charge is 0.319 e. The van der Waals surface area contributed by atoms with E-state index in [9.17, 15) is 23.3 Å². The fourth-order valence-electron chi connectivity index (χ4n) is 2.61. The molecule has 150 valence electrons. The Balaban J connectivity index is 2.07. The van der Waals surface area contributed by atoms with Crippen LogP contribution in [0.4, 0.5) is 16.2 Å². The van der Waals surface area contributed by atoms with Crippen molar-refractivity contribution in [1.82, 2.24) is 9.80 Å². The minimum Gasteiger partial charge on any atom is -0.377 e. The maximum absolute atomic E-state index is 12.2. The van der Waals surface area contributed by atoms with E-state index in [2.05, 4.69) is 5.32 Å². The fraction of sp³-hybridized carbons (Fsp3) is 0.533. The molecule has 2 amide bonds. The standard InChI is InChI=1S/C15H23N5O6S/c1-3-18(2)15(21)19-6-7-26-11(10-19)9-17-13-5-4-12(27(16,24)25)8-14(13)20(22)23/h4-5,8,11,17H,3,6-7,9-10H2,1-2H3,(H2,16,24,25)/t11-/m0/s1. The minimum absolute atomic E-state index is 0.103. The number of ether oxygens (including phenoxy) is 1. The van der Waals surface area contributed by atoms with Gasteiger partial charge in [-0.1, -0.05) is 0 Å². The summed E-state index contributed by atoms with van der Waals surface area (Å²) in [6.07, 6.45) is -0.356. The van der Waals surface area contributed by atoms with Gasteiger partial charge >= 0.3 is 6.03 Å². The van der Waals surface area contributed by atoms with Gasteiger partial charge < -0.3 is 19.9 Å². The van der Waals surface area contributed by atoms with Gasteiger partial charge in [-0.3, -0.25) is 10.1 Å². The van der Waals surface area contributed by atoms with Crippen LogP contribution in [0.1, 0.15) is 6.92 Å². The number of nitrogens with zero attached hydrogens (tertiary/aromatic N) is 3. The Bertz CT molecular complexity index is 815. The molecule has 0 saturated carbocycles. The lowest BCUT2D eigenvalue weighted by Gasteiger charge is -2.35. The number of benzene rings is 1. The number of urea groups is 1. The molecule has 11 nitrogen and oxygen atoms in total. The van der Waals surface area contributed by atoms with Crippen molar-refractivity contribution in [2.75, 3.05) is 45.2 Å². The molecule has 12 heteroatoms. The van der Waals surface area contributed by atoms with Gasteiger partial charge in [0, 0.05) is 32.7 Å². The third kappa shape index (κ3) is 5.28. The lowest BCUT2D eigenvalue weighted by Crippen LogP contribution is -2.51. The summed E-state index contributed by atoms with van der Waals surface area (Å²) in [5.74, 6) is 0. The molecular weight excluding hydrogens is 378 g/mol. The predicted octanol–water partition coefficient (Wildman–Crippen LogP) is 0.427. The van der Waals surface area contributed by atoms with Gasteiger partial charge in [0.05, 0.1) is 29.1 Å². The molecule has 1 fully saturated rings. The van der Waals surface area contributed by atoms with E-state index in [-0.39, 0.29) is 29.3 Å². The third-order valence-electron chi connectivity index (χ3n) is 4.22. The van der Waals surface area contributed by atoms with Crippen molar-refractivity contribution in [3.8, 4) is 0 Å². The lowest BCUT2D eigenvalue weighted by atomic mass is 10.2. The lowest BCUT2D eigenvalue weighted by molar-refractivity contribution is -0.384. The number of nitro groups is 1. The Hall–Kier alpha value is -2.44. The second-order valence-electron chi connectivity index (χ2n) is 6.10. The third-order valence-corrected chi connectivity index (χ3v) is 5.14. The van der Waals surface area contributed by atoms with Gasteiger partial charge in [-0.05, 0) is 19.1 Å². The number of primary sulfonamides is 1. The van der Waals surface area contributed by atoms with Gasteiger partial charge in [-0.25, -0.2) is 18.4 Å². The summed E-state index contributed by atoms with van der Waals surface area (Å²) in [7, 11) is -2.33. The van der Waals surface area contributed by atoms with E-state index >= 15 is 0 Å². The Morgan fingerprint density at radius 2 is 2.22 bits per heavy atom. The molecular formula is C15H23N5O6S. The second kappa shape index (κ2) is 8.50. The zero-order valence-corrected chi connectivity index (χ0v) is 15.9. The maximum Gasteiger partial charge on any atom is 0.319 e. The van der Waals surface area contributed by atoms with Crippen molar-refractivity contribution in [3.63, 3.8) is 0 Å². The molecule has 1 heterocycles. The number of hydrogen-bond acceptors (Lipinski definition) is 7. The number of carbonyl (C=O) groups is 1. The molecule has 0 bridgehead atoms. The average Bonchev–Trinajstić information content (AvgIpc) is 2.64. The molecule has 1 aliphatic rings. The molecule has 0 aliphatic carbocycles. The normalized spacial score (nSPS) is 17.4. The molecule has 0 aromatic heterocycles. The summed E-state index contributed by atoms with van der Waals surface area (Å²) >= 11 is 0. The molecule has 2 rings (SSSR count). The summed E-state index contributed by atoms with van der Waals surface area (Å²) in [5.41, 5.74) is -0.263. The van der Waals surface area contributed by atoms with Crippen molar-refractivity contribution in [3.05, 3.63) is 28.3 Å². The topological polar surface area (TPSA) is 148 Å². The van der Waals surface area contributed by atoms with Crippen LogP contribution < -0.4 is 10.5 Å². The molecule has 3 N–H and O–H groups in total. The number of nitrogens with one attached hydrogen (secondary N) is 1. The molecule has 0 unspecified atom stereocenters. The molecule has 0 spiro atoms.